The predicted molar refractivity (Wildman–Crippen MR) is 212 cm³/mol. The Hall–Kier alpha value is -5.14. The van der Waals surface area contributed by atoms with Gasteiger partial charge in [-0.05, 0) is 83.9 Å². The van der Waals surface area contributed by atoms with E-state index < -0.39 is 15.8 Å². The van der Waals surface area contributed by atoms with Crippen molar-refractivity contribution in [3.05, 3.63) is 204 Å². The Morgan fingerprint density at radius 3 is 0.923 bits per heavy atom. The minimum Gasteiger partial charge on any atom is -0.206 e. The first-order chi connectivity index (χ1) is 25.5. The molecule has 0 saturated carbocycles. The fraction of sp³-hybridized carbons (Fsp3) is 0.0435. The van der Waals surface area contributed by atoms with Gasteiger partial charge in [-0.3, -0.25) is 0 Å². The van der Waals surface area contributed by atoms with Crippen LogP contribution in [0.5, 0.6) is 0 Å². The minimum absolute atomic E-state index is 0.370. The third-order valence-electron chi connectivity index (χ3n) is 9.51. The van der Waals surface area contributed by atoms with E-state index in [0.29, 0.717) is 33.5 Å². The molecule has 52 heavy (non-hydrogen) atoms. The number of hydrogen-bond donors (Lipinski definition) is 0. The number of halogens is 4. The van der Waals surface area contributed by atoms with Crippen molar-refractivity contribution in [2.45, 2.75) is 12.3 Å². The van der Waals surface area contributed by atoms with Crippen molar-refractivity contribution in [1.82, 2.24) is 0 Å². The van der Waals surface area contributed by atoms with Crippen molar-refractivity contribution in [3.63, 3.8) is 0 Å². The summed E-state index contributed by atoms with van der Waals surface area (Å²) in [5.74, 6) is -1.48. The average Bonchev–Trinajstić information content (AvgIpc) is 3.17. The molecular weight excluding hydrogens is 690 g/mol. The summed E-state index contributed by atoms with van der Waals surface area (Å²) in [7, 11) is -3.05. The van der Waals surface area contributed by atoms with Gasteiger partial charge in [-0.1, -0.05) is 146 Å². The van der Waals surface area contributed by atoms with E-state index in [-0.39, 0.29) is 23.3 Å². The van der Waals surface area contributed by atoms with Crippen LogP contribution in [0.1, 0.15) is 11.1 Å². The molecule has 0 heterocycles. The highest BCUT2D eigenvalue weighted by Gasteiger charge is 2.27. The summed E-state index contributed by atoms with van der Waals surface area (Å²) in [5, 5.41) is 5.93. The van der Waals surface area contributed by atoms with Gasteiger partial charge in [-0.15, -0.1) is 0 Å². The van der Waals surface area contributed by atoms with Crippen LogP contribution in [-0.2, 0) is 12.3 Å². The Morgan fingerprint density at radius 1 is 0.308 bits per heavy atom. The summed E-state index contributed by atoms with van der Waals surface area (Å²) in [6, 6.07) is 51.2. The van der Waals surface area contributed by atoms with Gasteiger partial charge in [-0.25, -0.2) is 17.6 Å². The first-order valence-corrected chi connectivity index (χ1v) is 20.1. The van der Waals surface area contributed by atoms with Gasteiger partial charge in [0.05, 0.1) is 0 Å². The van der Waals surface area contributed by atoms with Gasteiger partial charge in [0, 0.05) is 33.5 Å². The molecule has 0 saturated heterocycles. The lowest BCUT2D eigenvalue weighted by Gasteiger charge is -2.26. The van der Waals surface area contributed by atoms with E-state index in [9.17, 15) is 0 Å². The molecule has 0 bridgehead atoms. The lowest BCUT2D eigenvalue weighted by molar-refractivity contribution is 0.633. The normalized spacial score (nSPS) is 11.6. The van der Waals surface area contributed by atoms with E-state index in [4.69, 9.17) is 0 Å². The van der Waals surface area contributed by atoms with Crippen LogP contribution in [0.4, 0.5) is 17.6 Å². The van der Waals surface area contributed by atoms with E-state index in [0.717, 1.165) is 43.8 Å². The van der Waals surface area contributed by atoms with Crippen LogP contribution in [0.2, 0.25) is 0 Å². The van der Waals surface area contributed by atoms with E-state index in [1.54, 1.807) is 72.8 Å². The molecule has 254 valence electrons. The largest absolute Gasteiger partial charge is 0.206 e. The van der Waals surface area contributed by atoms with Gasteiger partial charge in [-0.2, -0.15) is 0 Å². The van der Waals surface area contributed by atoms with Gasteiger partial charge in [0.1, 0.15) is 23.3 Å². The predicted octanol–water partition coefficient (Wildman–Crippen LogP) is 11.5. The molecular formula is C46H32F4P2. The molecule has 0 N–H and O–H groups in total. The third kappa shape index (κ3) is 6.54. The first-order valence-electron chi connectivity index (χ1n) is 17.0. The van der Waals surface area contributed by atoms with Gasteiger partial charge >= 0.3 is 0 Å². The summed E-state index contributed by atoms with van der Waals surface area (Å²) in [5.41, 5.74) is 3.80. The molecule has 0 aliphatic rings. The molecule has 0 atom stereocenters. The van der Waals surface area contributed by atoms with Crippen molar-refractivity contribution < 1.29 is 17.6 Å². The SMILES string of the molecule is Fc1ccccc1P(Cc1ccc2ccccc2c1-c1c(CP(c2ccccc2F)c2ccccc2F)ccc2ccccc12)c1ccccc1F. The van der Waals surface area contributed by atoms with Crippen LogP contribution in [0.25, 0.3) is 32.7 Å². The monoisotopic (exact) mass is 722 g/mol. The maximum atomic E-state index is 15.7. The molecule has 0 aliphatic heterocycles. The van der Waals surface area contributed by atoms with Crippen molar-refractivity contribution in [1.29, 1.82) is 0 Å². The molecule has 0 nitrogen and oxygen atoms in total. The molecule has 6 heteroatoms. The quantitative estimate of drug-likeness (QED) is 0.103. The highest BCUT2D eigenvalue weighted by atomic mass is 31.1. The second-order valence-corrected chi connectivity index (χ2v) is 16.9. The summed E-state index contributed by atoms with van der Waals surface area (Å²) in [6.45, 7) is 0. The molecule has 8 aromatic rings. The molecule has 0 fully saturated rings. The molecule has 0 radical (unpaired) electrons. The van der Waals surface area contributed by atoms with Crippen LogP contribution in [0.15, 0.2) is 170 Å². The van der Waals surface area contributed by atoms with Crippen molar-refractivity contribution >= 4 is 58.6 Å². The molecule has 8 aromatic carbocycles. The molecule has 0 aliphatic carbocycles. The number of rotatable bonds is 9. The van der Waals surface area contributed by atoms with Crippen LogP contribution >= 0.6 is 15.8 Å². The molecule has 8 rings (SSSR count). The van der Waals surface area contributed by atoms with E-state index in [1.807, 2.05) is 24.3 Å². The second-order valence-electron chi connectivity index (χ2n) is 12.6. The van der Waals surface area contributed by atoms with Gasteiger partial charge in [0.15, 0.2) is 0 Å². The Labute approximate surface area is 302 Å². The highest BCUT2D eigenvalue weighted by Crippen LogP contribution is 2.49. The lowest BCUT2D eigenvalue weighted by atomic mass is 9.88. The molecule has 0 aromatic heterocycles. The van der Waals surface area contributed by atoms with E-state index >= 15 is 17.6 Å². The summed E-state index contributed by atoms with van der Waals surface area (Å²) in [4.78, 5) is 0. The Balaban J connectivity index is 1.40. The zero-order valence-electron chi connectivity index (χ0n) is 28.0. The lowest BCUT2D eigenvalue weighted by Crippen LogP contribution is -2.19. The van der Waals surface area contributed by atoms with Crippen molar-refractivity contribution in [3.8, 4) is 11.1 Å². The fourth-order valence-corrected chi connectivity index (χ4v) is 11.9. The second kappa shape index (κ2) is 14.8. The zero-order chi connectivity index (χ0) is 35.6. The van der Waals surface area contributed by atoms with Crippen LogP contribution in [-0.4, -0.2) is 0 Å². The fourth-order valence-electron chi connectivity index (χ4n) is 7.11. The molecule has 0 unspecified atom stereocenters. The standard InChI is InChI=1S/C46H32F4P2/c47-37-17-5-9-21-41(37)51(42-22-10-6-18-38(42)48)29-33-27-25-31-13-1-3-15-35(31)45(33)46-34(28-26-32-14-2-4-16-36(32)46)30-52(43-23-11-7-19-39(43)49)44-24-12-8-20-40(44)50/h1-28H,29-30H2. The summed E-state index contributed by atoms with van der Waals surface area (Å²) < 4.78 is 62.7. The maximum Gasteiger partial charge on any atom is 0.131 e. The van der Waals surface area contributed by atoms with Crippen molar-refractivity contribution in [2.24, 2.45) is 0 Å². The summed E-state index contributed by atoms with van der Waals surface area (Å²) >= 11 is 0. The number of benzene rings is 8. The smallest absolute Gasteiger partial charge is 0.131 e. The van der Waals surface area contributed by atoms with Gasteiger partial charge in [0.25, 0.3) is 0 Å². The first kappa shape index (κ1) is 34.0. The van der Waals surface area contributed by atoms with Crippen LogP contribution < -0.4 is 21.2 Å². The zero-order valence-corrected chi connectivity index (χ0v) is 29.8. The Morgan fingerprint density at radius 2 is 0.596 bits per heavy atom. The maximum absolute atomic E-state index is 15.7. The number of fused-ring (bicyclic) bond motifs is 2. The topological polar surface area (TPSA) is 0 Å². The van der Waals surface area contributed by atoms with Crippen LogP contribution in [0, 0.1) is 23.3 Å². The Bertz CT molecular complexity index is 2300. The van der Waals surface area contributed by atoms with E-state index in [1.165, 1.54) is 24.3 Å². The number of hydrogen-bond acceptors (Lipinski definition) is 0. The van der Waals surface area contributed by atoms with Gasteiger partial charge in [0.2, 0.25) is 0 Å². The summed E-state index contributed by atoms with van der Waals surface area (Å²) in [6.07, 6.45) is 0.741. The highest BCUT2D eigenvalue weighted by molar-refractivity contribution is 7.72. The average molecular weight is 723 g/mol. The molecule has 0 amide bonds. The Kier molecular flexibility index (Phi) is 9.70. The van der Waals surface area contributed by atoms with E-state index in [2.05, 4.69) is 48.5 Å². The van der Waals surface area contributed by atoms with Gasteiger partial charge < -0.3 is 0 Å². The van der Waals surface area contributed by atoms with Crippen molar-refractivity contribution in [2.75, 3.05) is 0 Å². The minimum atomic E-state index is -1.53. The molecule has 0 spiro atoms. The van der Waals surface area contributed by atoms with Crippen LogP contribution in [0.3, 0.4) is 0 Å². The third-order valence-corrected chi connectivity index (χ3v) is 14.6.